The molecular weight excluding hydrogens is 627 g/mol. The zero-order valence-corrected chi connectivity index (χ0v) is 31.8. The van der Waals surface area contributed by atoms with Crippen molar-refractivity contribution >= 4 is 19.8 Å². The van der Waals surface area contributed by atoms with E-state index in [0.717, 1.165) is 57.8 Å². The highest BCUT2D eigenvalue weighted by molar-refractivity contribution is 7.46. The van der Waals surface area contributed by atoms with Crippen LogP contribution in [0.25, 0.3) is 0 Å². The minimum absolute atomic E-state index is 0.213. The molecule has 48 heavy (non-hydrogen) atoms. The Kier molecular flexibility index (Phi) is 34.3. The van der Waals surface area contributed by atoms with Crippen LogP contribution >= 0.6 is 7.82 Å². The van der Waals surface area contributed by atoms with Gasteiger partial charge in [-0.25, -0.2) is 4.57 Å². The van der Waals surface area contributed by atoms with Crippen molar-refractivity contribution in [1.29, 1.82) is 0 Å². The molecule has 0 heterocycles. The molecule has 0 unspecified atom stereocenters. The molecule has 0 rings (SSSR count). The Bertz CT molecular complexity index is 838. The van der Waals surface area contributed by atoms with E-state index in [1.807, 2.05) is 0 Å². The van der Waals surface area contributed by atoms with Gasteiger partial charge in [0.25, 0.3) is 0 Å². The van der Waals surface area contributed by atoms with Crippen molar-refractivity contribution in [3.63, 3.8) is 0 Å². The summed E-state index contributed by atoms with van der Waals surface area (Å²) in [7, 11) is -4.75. The normalized spacial score (nSPS) is 12.7. The van der Waals surface area contributed by atoms with Crippen molar-refractivity contribution in [3.05, 3.63) is 24.3 Å². The molecule has 0 aromatic heterocycles. The predicted molar refractivity (Wildman–Crippen MR) is 198 cm³/mol. The van der Waals surface area contributed by atoms with Crippen molar-refractivity contribution < 1.29 is 37.9 Å². The topological polar surface area (TPSA) is 119 Å². The first-order valence-electron chi connectivity index (χ1n) is 19.6. The van der Waals surface area contributed by atoms with E-state index in [0.29, 0.717) is 12.8 Å². The zero-order valence-electron chi connectivity index (χ0n) is 30.9. The Morgan fingerprint density at radius 1 is 0.542 bits per heavy atom. The van der Waals surface area contributed by atoms with Crippen LogP contribution in [-0.2, 0) is 28.2 Å². The molecule has 0 aliphatic rings. The largest absolute Gasteiger partial charge is 0.469 e. The number of hydrogen-bond acceptors (Lipinski definition) is 6. The number of phosphoric acid groups is 1. The van der Waals surface area contributed by atoms with E-state index in [2.05, 4.69) is 42.7 Å². The number of phosphoric ester groups is 1. The third kappa shape index (κ3) is 37.4. The quantitative estimate of drug-likeness (QED) is 0.0287. The standard InChI is InChI=1S/C39H73O8P/c1-3-5-7-9-11-13-15-17-19-21-23-25-27-29-31-33-38(40)45-35-37(36-46-48(42,43)44)47-39(41)34-32-30-28-26-24-22-20-18-16-14-12-10-8-6-4-2/h13,15,17,19,37H,3-12,14,16,18,20-36H2,1-2H3,(H2,42,43,44)/b15-13+,19-17+/t37-/m1/s1. The number of hydrogen-bond donors (Lipinski definition) is 2. The van der Waals surface area contributed by atoms with Crippen LogP contribution in [-0.4, -0.2) is 41.0 Å². The first kappa shape index (κ1) is 46.5. The average Bonchev–Trinajstić information content (AvgIpc) is 3.05. The van der Waals surface area contributed by atoms with Gasteiger partial charge in [0.05, 0.1) is 6.61 Å². The number of ether oxygens (including phenoxy) is 2. The minimum atomic E-state index is -4.75. The van der Waals surface area contributed by atoms with Crippen LogP contribution in [0.2, 0.25) is 0 Å². The maximum absolute atomic E-state index is 12.4. The third-order valence-electron chi connectivity index (χ3n) is 8.50. The molecule has 8 nitrogen and oxygen atoms in total. The van der Waals surface area contributed by atoms with Crippen LogP contribution < -0.4 is 0 Å². The van der Waals surface area contributed by atoms with E-state index in [1.165, 1.54) is 96.3 Å². The summed E-state index contributed by atoms with van der Waals surface area (Å²) in [4.78, 5) is 42.7. The lowest BCUT2D eigenvalue weighted by molar-refractivity contribution is -0.161. The van der Waals surface area contributed by atoms with E-state index in [-0.39, 0.29) is 19.4 Å². The van der Waals surface area contributed by atoms with Crippen molar-refractivity contribution in [2.75, 3.05) is 13.2 Å². The van der Waals surface area contributed by atoms with Crippen molar-refractivity contribution in [1.82, 2.24) is 0 Å². The summed E-state index contributed by atoms with van der Waals surface area (Å²) in [6.45, 7) is 3.66. The van der Waals surface area contributed by atoms with Gasteiger partial charge in [-0.05, 0) is 38.5 Å². The Hall–Kier alpha value is -1.47. The highest BCUT2D eigenvalue weighted by Gasteiger charge is 2.22. The fourth-order valence-electron chi connectivity index (χ4n) is 5.54. The molecule has 2 N–H and O–H groups in total. The number of carbonyl (C=O) groups excluding carboxylic acids is 2. The lowest BCUT2D eigenvalue weighted by Crippen LogP contribution is -2.29. The van der Waals surface area contributed by atoms with E-state index in [4.69, 9.17) is 19.3 Å². The highest BCUT2D eigenvalue weighted by atomic mass is 31.2. The second kappa shape index (κ2) is 35.4. The van der Waals surface area contributed by atoms with E-state index in [9.17, 15) is 14.2 Å². The van der Waals surface area contributed by atoms with Crippen LogP contribution in [0.3, 0.4) is 0 Å². The minimum Gasteiger partial charge on any atom is -0.462 e. The van der Waals surface area contributed by atoms with Gasteiger partial charge in [-0.3, -0.25) is 14.1 Å². The molecule has 0 spiro atoms. The first-order valence-corrected chi connectivity index (χ1v) is 21.2. The molecule has 0 aromatic carbocycles. The average molecular weight is 701 g/mol. The van der Waals surface area contributed by atoms with Gasteiger partial charge in [0, 0.05) is 12.8 Å². The summed E-state index contributed by atoms with van der Waals surface area (Å²) in [5, 5.41) is 0. The first-order chi connectivity index (χ1) is 23.3. The van der Waals surface area contributed by atoms with Crippen LogP contribution in [0.4, 0.5) is 0 Å². The second-order valence-corrected chi connectivity index (χ2v) is 14.5. The molecule has 0 radical (unpaired) electrons. The summed E-state index contributed by atoms with van der Waals surface area (Å²) in [5.74, 6) is -0.896. The number of unbranched alkanes of at least 4 members (excludes halogenated alkanes) is 23. The maximum atomic E-state index is 12.4. The van der Waals surface area contributed by atoms with Crippen molar-refractivity contribution in [2.45, 2.75) is 200 Å². The van der Waals surface area contributed by atoms with Crippen LogP contribution in [0, 0.1) is 0 Å². The van der Waals surface area contributed by atoms with Gasteiger partial charge in [-0.1, -0.05) is 167 Å². The molecule has 9 heteroatoms. The number of carbonyl (C=O) groups is 2. The van der Waals surface area contributed by atoms with Gasteiger partial charge in [0.2, 0.25) is 0 Å². The monoisotopic (exact) mass is 701 g/mol. The summed E-state index contributed by atoms with van der Waals surface area (Å²) in [6.07, 6.45) is 38.9. The predicted octanol–water partition coefficient (Wildman–Crippen LogP) is 11.6. The van der Waals surface area contributed by atoms with Gasteiger partial charge in [0.1, 0.15) is 6.61 Å². The smallest absolute Gasteiger partial charge is 0.462 e. The summed E-state index contributed by atoms with van der Waals surface area (Å²) >= 11 is 0. The molecule has 0 aliphatic heterocycles. The molecule has 0 bridgehead atoms. The summed E-state index contributed by atoms with van der Waals surface area (Å²) in [6, 6.07) is 0. The van der Waals surface area contributed by atoms with Gasteiger partial charge in [-0.2, -0.15) is 0 Å². The molecule has 1 atom stereocenters. The highest BCUT2D eigenvalue weighted by Crippen LogP contribution is 2.36. The molecule has 0 saturated heterocycles. The van der Waals surface area contributed by atoms with E-state index < -0.39 is 32.5 Å². The van der Waals surface area contributed by atoms with Gasteiger partial charge >= 0.3 is 19.8 Å². The summed E-state index contributed by atoms with van der Waals surface area (Å²) in [5.41, 5.74) is 0. The molecule has 0 amide bonds. The fourth-order valence-corrected chi connectivity index (χ4v) is 5.90. The van der Waals surface area contributed by atoms with Crippen LogP contribution in [0.5, 0.6) is 0 Å². The number of rotatable bonds is 36. The Labute approximate surface area is 294 Å². The SMILES string of the molecule is CCCCCC/C=C/C=C/CCCCCCCC(=O)OC[C@H](COP(=O)(O)O)OC(=O)CCCCCCCCCCCCCCCCC. The van der Waals surface area contributed by atoms with Gasteiger partial charge in [-0.15, -0.1) is 0 Å². The Morgan fingerprint density at radius 2 is 0.917 bits per heavy atom. The third-order valence-corrected chi connectivity index (χ3v) is 8.99. The Morgan fingerprint density at radius 3 is 1.35 bits per heavy atom. The zero-order chi connectivity index (χ0) is 35.4. The molecule has 0 fully saturated rings. The van der Waals surface area contributed by atoms with Crippen molar-refractivity contribution in [3.8, 4) is 0 Å². The lowest BCUT2D eigenvalue weighted by Gasteiger charge is -2.18. The fraction of sp³-hybridized carbons (Fsp3) is 0.846. The molecule has 0 aromatic rings. The van der Waals surface area contributed by atoms with Crippen LogP contribution in [0.1, 0.15) is 194 Å². The maximum Gasteiger partial charge on any atom is 0.469 e. The van der Waals surface area contributed by atoms with Gasteiger partial charge in [0.15, 0.2) is 6.10 Å². The van der Waals surface area contributed by atoms with Crippen LogP contribution in [0.15, 0.2) is 24.3 Å². The Balaban J connectivity index is 3.96. The van der Waals surface area contributed by atoms with E-state index in [1.54, 1.807) is 0 Å². The molecule has 0 saturated carbocycles. The van der Waals surface area contributed by atoms with Gasteiger partial charge < -0.3 is 19.3 Å². The molecule has 0 aliphatic carbocycles. The number of esters is 2. The summed E-state index contributed by atoms with van der Waals surface area (Å²) < 4.78 is 26.3. The number of allylic oxidation sites excluding steroid dienone is 4. The van der Waals surface area contributed by atoms with E-state index >= 15 is 0 Å². The second-order valence-electron chi connectivity index (χ2n) is 13.3. The molecule has 282 valence electrons. The molecular formula is C39H73O8P. The van der Waals surface area contributed by atoms with Crippen molar-refractivity contribution in [2.24, 2.45) is 0 Å². The lowest BCUT2D eigenvalue weighted by atomic mass is 10.0.